The highest BCUT2D eigenvalue weighted by Crippen LogP contribution is 2.23. The topological polar surface area (TPSA) is 67.6 Å². The fourth-order valence-electron chi connectivity index (χ4n) is 2.40. The van der Waals surface area contributed by atoms with Crippen LogP contribution in [0.25, 0.3) is 0 Å². The minimum Gasteiger partial charge on any atom is -0.389 e. The van der Waals surface area contributed by atoms with Gasteiger partial charge in [-0.05, 0) is 30.7 Å². The second-order valence-corrected chi connectivity index (χ2v) is 5.20. The van der Waals surface area contributed by atoms with Crippen LogP contribution in [0.3, 0.4) is 0 Å². The molecule has 1 aromatic rings. The first-order valence-corrected chi connectivity index (χ1v) is 6.92. The molecule has 1 aliphatic rings. The van der Waals surface area contributed by atoms with Crippen molar-refractivity contribution in [1.29, 1.82) is 0 Å². The van der Waals surface area contributed by atoms with Crippen molar-refractivity contribution in [3.63, 3.8) is 0 Å². The number of nitrogens with one attached hydrogen (secondary N) is 1. The van der Waals surface area contributed by atoms with Gasteiger partial charge in [-0.2, -0.15) is 0 Å². The SMILES string of the molecule is CNC(=O)C1COCCN1c1ccc(C(N)=S)c(C)c1. The largest absolute Gasteiger partial charge is 0.389 e. The number of hydrogen-bond donors (Lipinski definition) is 2. The highest BCUT2D eigenvalue weighted by atomic mass is 32.1. The van der Waals surface area contributed by atoms with Gasteiger partial charge < -0.3 is 20.7 Å². The zero-order chi connectivity index (χ0) is 14.7. The third kappa shape index (κ3) is 2.91. The Morgan fingerprint density at radius 3 is 2.90 bits per heavy atom. The van der Waals surface area contributed by atoms with Crippen LogP contribution in [0.15, 0.2) is 18.2 Å². The number of nitrogens with zero attached hydrogens (tertiary/aromatic N) is 1. The van der Waals surface area contributed by atoms with Crippen molar-refractivity contribution in [2.45, 2.75) is 13.0 Å². The summed E-state index contributed by atoms with van der Waals surface area (Å²) < 4.78 is 5.41. The average molecular weight is 293 g/mol. The molecule has 1 fully saturated rings. The van der Waals surface area contributed by atoms with Crippen molar-refractivity contribution in [3.8, 4) is 0 Å². The Kier molecular flexibility index (Phi) is 4.57. The molecule has 0 bridgehead atoms. The third-order valence-electron chi connectivity index (χ3n) is 3.48. The van der Waals surface area contributed by atoms with Crippen LogP contribution in [0.1, 0.15) is 11.1 Å². The molecule has 1 aliphatic heterocycles. The first kappa shape index (κ1) is 14.7. The Morgan fingerprint density at radius 2 is 2.30 bits per heavy atom. The summed E-state index contributed by atoms with van der Waals surface area (Å²) in [5, 5.41) is 2.68. The van der Waals surface area contributed by atoms with Crippen molar-refractivity contribution in [3.05, 3.63) is 29.3 Å². The summed E-state index contributed by atoms with van der Waals surface area (Å²) in [5.74, 6) is -0.0409. The standard InChI is InChI=1S/C14H19N3O2S/c1-9-7-10(3-4-11(9)13(15)20)17-5-6-19-8-12(17)14(18)16-2/h3-4,7,12H,5-6,8H2,1-2H3,(H2,15,20)(H,16,18). The lowest BCUT2D eigenvalue weighted by molar-refractivity contribution is -0.124. The Balaban J connectivity index is 2.31. The highest BCUT2D eigenvalue weighted by molar-refractivity contribution is 7.80. The summed E-state index contributed by atoms with van der Waals surface area (Å²) in [4.78, 5) is 14.4. The zero-order valence-electron chi connectivity index (χ0n) is 11.7. The predicted octanol–water partition coefficient (Wildman–Crippen LogP) is 0.580. The van der Waals surface area contributed by atoms with Gasteiger partial charge in [0.2, 0.25) is 5.91 Å². The van der Waals surface area contributed by atoms with Crippen LogP contribution in [-0.4, -0.2) is 43.7 Å². The second-order valence-electron chi connectivity index (χ2n) is 4.76. The van der Waals surface area contributed by atoms with Gasteiger partial charge in [0.15, 0.2) is 0 Å². The van der Waals surface area contributed by atoms with Crippen LogP contribution in [0.4, 0.5) is 5.69 Å². The van der Waals surface area contributed by atoms with Crippen LogP contribution in [0, 0.1) is 6.92 Å². The van der Waals surface area contributed by atoms with Crippen LogP contribution < -0.4 is 16.0 Å². The summed E-state index contributed by atoms with van der Waals surface area (Å²) in [6.45, 7) is 3.66. The molecule has 5 nitrogen and oxygen atoms in total. The maximum Gasteiger partial charge on any atom is 0.244 e. The molecule has 3 N–H and O–H groups in total. The van der Waals surface area contributed by atoms with Gasteiger partial charge in [-0.1, -0.05) is 12.2 Å². The molecule has 0 radical (unpaired) electrons. The zero-order valence-corrected chi connectivity index (χ0v) is 12.5. The van der Waals surface area contributed by atoms with Crippen molar-refractivity contribution in [2.75, 3.05) is 31.7 Å². The lowest BCUT2D eigenvalue weighted by Crippen LogP contribution is -2.53. The van der Waals surface area contributed by atoms with Gasteiger partial charge >= 0.3 is 0 Å². The molecule has 6 heteroatoms. The summed E-state index contributed by atoms with van der Waals surface area (Å²) in [7, 11) is 1.64. The molecule has 0 aliphatic carbocycles. The molecule has 2 rings (SSSR count). The van der Waals surface area contributed by atoms with E-state index in [9.17, 15) is 4.79 Å². The van der Waals surface area contributed by atoms with Gasteiger partial charge in [-0.15, -0.1) is 0 Å². The summed E-state index contributed by atoms with van der Waals surface area (Å²) in [6, 6.07) is 5.56. The maximum atomic E-state index is 11.9. The van der Waals surface area contributed by atoms with E-state index in [-0.39, 0.29) is 11.9 Å². The molecule has 0 spiro atoms. The maximum absolute atomic E-state index is 11.9. The van der Waals surface area contributed by atoms with Gasteiger partial charge in [0.25, 0.3) is 0 Å². The van der Waals surface area contributed by atoms with E-state index in [2.05, 4.69) is 10.2 Å². The third-order valence-corrected chi connectivity index (χ3v) is 3.70. The normalized spacial score (nSPS) is 18.7. The van der Waals surface area contributed by atoms with Crippen LogP contribution in [0.2, 0.25) is 0 Å². The van der Waals surface area contributed by atoms with Crippen LogP contribution >= 0.6 is 12.2 Å². The molecule has 108 valence electrons. The number of carbonyl (C=O) groups is 1. The number of hydrogen-bond acceptors (Lipinski definition) is 4. The fourth-order valence-corrected chi connectivity index (χ4v) is 2.63. The first-order valence-electron chi connectivity index (χ1n) is 6.51. The number of benzene rings is 1. The number of nitrogens with two attached hydrogens (primary N) is 1. The van der Waals surface area contributed by atoms with Crippen molar-refractivity contribution >= 4 is 28.8 Å². The molecule has 1 amide bonds. The van der Waals surface area contributed by atoms with E-state index in [1.54, 1.807) is 7.05 Å². The minimum absolute atomic E-state index is 0.0409. The molecule has 1 unspecified atom stereocenters. The monoisotopic (exact) mass is 293 g/mol. The Hall–Kier alpha value is -1.66. The van der Waals surface area contributed by atoms with E-state index in [4.69, 9.17) is 22.7 Å². The van der Waals surface area contributed by atoms with Crippen LogP contribution in [-0.2, 0) is 9.53 Å². The van der Waals surface area contributed by atoms with Gasteiger partial charge in [-0.25, -0.2) is 0 Å². The number of thiocarbonyl (C=S) groups is 1. The van der Waals surface area contributed by atoms with E-state index in [1.165, 1.54) is 0 Å². The van der Waals surface area contributed by atoms with E-state index in [0.29, 0.717) is 24.7 Å². The fraction of sp³-hybridized carbons (Fsp3) is 0.429. The number of rotatable bonds is 3. The average Bonchev–Trinajstić information content (AvgIpc) is 2.46. The van der Waals surface area contributed by atoms with Gasteiger partial charge in [-0.3, -0.25) is 4.79 Å². The lowest BCUT2D eigenvalue weighted by atomic mass is 10.1. The molecular weight excluding hydrogens is 274 g/mol. The minimum atomic E-state index is -0.302. The number of carbonyl (C=O) groups excluding carboxylic acids is 1. The quantitative estimate of drug-likeness (QED) is 0.798. The van der Waals surface area contributed by atoms with E-state index in [1.807, 2.05) is 25.1 Å². The molecule has 1 atom stereocenters. The Bertz CT molecular complexity index is 533. The second kappa shape index (κ2) is 6.19. The summed E-state index contributed by atoms with van der Waals surface area (Å²) in [5.41, 5.74) is 8.54. The highest BCUT2D eigenvalue weighted by Gasteiger charge is 2.29. The van der Waals surface area contributed by atoms with E-state index in [0.717, 1.165) is 16.8 Å². The van der Waals surface area contributed by atoms with Gasteiger partial charge in [0.1, 0.15) is 11.0 Å². The molecule has 0 aromatic heterocycles. The Labute approximate surface area is 124 Å². The number of ether oxygens (including phenoxy) is 1. The number of aryl methyl sites for hydroxylation is 1. The van der Waals surface area contributed by atoms with E-state index < -0.39 is 0 Å². The molecule has 0 saturated carbocycles. The number of amides is 1. The van der Waals surface area contributed by atoms with Gasteiger partial charge in [0.05, 0.1) is 13.2 Å². The molecule has 1 heterocycles. The molecular formula is C14H19N3O2S. The number of likely N-dealkylation sites (N-methyl/N-ethyl adjacent to an activating group) is 1. The van der Waals surface area contributed by atoms with Crippen molar-refractivity contribution in [1.82, 2.24) is 5.32 Å². The van der Waals surface area contributed by atoms with Crippen molar-refractivity contribution in [2.24, 2.45) is 5.73 Å². The number of anilines is 1. The predicted molar refractivity (Wildman–Crippen MR) is 83.1 cm³/mol. The smallest absolute Gasteiger partial charge is 0.244 e. The molecule has 20 heavy (non-hydrogen) atoms. The first-order chi connectivity index (χ1) is 9.54. The van der Waals surface area contributed by atoms with Crippen LogP contribution in [0.5, 0.6) is 0 Å². The van der Waals surface area contributed by atoms with E-state index >= 15 is 0 Å². The van der Waals surface area contributed by atoms with Gasteiger partial charge in [0, 0.05) is 24.8 Å². The molecule has 1 saturated heterocycles. The summed E-state index contributed by atoms with van der Waals surface area (Å²) >= 11 is 5.01. The Morgan fingerprint density at radius 1 is 1.55 bits per heavy atom. The summed E-state index contributed by atoms with van der Waals surface area (Å²) in [6.07, 6.45) is 0. The molecule has 1 aromatic carbocycles. The number of morpholine rings is 1. The van der Waals surface area contributed by atoms with Crippen molar-refractivity contribution < 1.29 is 9.53 Å². The lowest BCUT2D eigenvalue weighted by Gasteiger charge is -2.36.